The van der Waals surface area contributed by atoms with Gasteiger partial charge in [0.05, 0.1) is 10.6 Å². The first-order valence-corrected chi connectivity index (χ1v) is 10.6. The van der Waals surface area contributed by atoms with E-state index in [9.17, 15) is 14.0 Å². The van der Waals surface area contributed by atoms with Crippen molar-refractivity contribution in [2.75, 3.05) is 16.0 Å². The van der Waals surface area contributed by atoms with Crippen LogP contribution < -0.4 is 10.2 Å². The van der Waals surface area contributed by atoms with Crippen molar-refractivity contribution in [2.45, 2.75) is 12.3 Å². The predicted molar refractivity (Wildman–Crippen MR) is 113 cm³/mol. The standard InChI is InChI=1S/C21H17FN2O2S2/c1-13-4-9-16(11-17(13)22)24-19(25)12-28-21(24)14-5-7-15(8-6-14)23-20(26)18-3-2-10-27-18/h2-11,21H,12H2,1H3,(H,23,26)/t21-/m0/s1. The molecule has 3 aromatic rings. The first kappa shape index (κ1) is 18.7. The summed E-state index contributed by atoms with van der Waals surface area (Å²) >= 11 is 2.89. The Bertz CT molecular complexity index is 1020. The zero-order chi connectivity index (χ0) is 19.7. The molecular weight excluding hydrogens is 395 g/mol. The van der Waals surface area contributed by atoms with E-state index in [1.165, 1.54) is 29.2 Å². The summed E-state index contributed by atoms with van der Waals surface area (Å²) in [6.45, 7) is 1.69. The maximum atomic E-state index is 14.0. The number of carbonyl (C=O) groups is 2. The summed E-state index contributed by atoms with van der Waals surface area (Å²) in [6.07, 6.45) is 0. The Morgan fingerprint density at radius 1 is 1.18 bits per heavy atom. The van der Waals surface area contributed by atoms with E-state index in [-0.39, 0.29) is 23.0 Å². The van der Waals surface area contributed by atoms with Crippen LogP contribution in [-0.2, 0) is 4.79 Å². The highest BCUT2D eigenvalue weighted by molar-refractivity contribution is 8.00. The number of thiophene rings is 1. The highest BCUT2D eigenvalue weighted by Crippen LogP contribution is 2.42. The first-order valence-electron chi connectivity index (χ1n) is 8.67. The summed E-state index contributed by atoms with van der Waals surface area (Å²) in [7, 11) is 0. The number of amides is 2. The van der Waals surface area contributed by atoms with Gasteiger partial charge in [-0.15, -0.1) is 23.1 Å². The molecule has 0 bridgehead atoms. The summed E-state index contributed by atoms with van der Waals surface area (Å²) < 4.78 is 14.0. The van der Waals surface area contributed by atoms with Gasteiger partial charge < -0.3 is 5.32 Å². The molecule has 4 nitrogen and oxygen atoms in total. The molecule has 142 valence electrons. The van der Waals surface area contributed by atoms with Gasteiger partial charge in [-0.3, -0.25) is 14.5 Å². The predicted octanol–water partition coefficient (Wildman–Crippen LogP) is 5.23. The smallest absolute Gasteiger partial charge is 0.265 e. The van der Waals surface area contributed by atoms with E-state index in [4.69, 9.17) is 0 Å². The normalized spacial score (nSPS) is 16.4. The number of carbonyl (C=O) groups excluding carboxylic acids is 2. The number of rotatable bonds is 4. The highest BCUT2D eigenvalue weighted by Gasteiger charge is 2.34. The lowest BCUT2D eigenvalue weighted by molar-refractivity contribution is -0.115. The number of hydrogen-bond donors (Lipinski definition) is 1. The van der Waals surface area contributed by atoms with Crippen LogP contribution in [0.3, 0.4) is 0 Å². The fraction of sp³-hybridized carbons (Fsp3) is 0.143. The van der Waals surface area contributed by atoms with Crippen molar-refractivity contribution < 1.29 is 14.0 Å². The van der Waals surface area contributed by atoms with Gasteiger partial charge in [0.15, 0.2) is 0 Å². The zero-order valence-corrected chi connectivity index (χ0v) is 16.6. The molecule has 0 radical (unpaired) electrons. The van der Waals surface area contributed by atoms with Crippen LogP contribution in [0.25, 0.3) is 0 Å². The molecule has 1 aliphatic rings. The summed E-state index contributed by atoms with van der Waals surface area (Å²) in [5.74, 6) is -0.178. The van der Waals surface area contributed by atoms with E-state index in [1.54, 1.807) is 30.0 Å². The molecule has 1 aromatic heterocycles. The van der Waals surface area contributed by atoms with Gasteiger partial charge in [0.2, 0.25) is 5.91 Å². The monoisotopic (exact) mass is 412 g/mol. The van der Waals surface area contributed by atoms with Crippen LogP contribution in [0, 0.1) is 12.7 Å². The minimum absolute atomic E-state index is 0.0478. The van der Waals surface area contributed by atoms with Crippen molar-refractivity contribution in [3.05, 3.63) is 81.8 Å². The quantitative estimate of drug-likeness (QED) is 0.639. The van der Waals surface area contributed by atoms with Gasteiger partial charge in [-0.1, -0.05) is 24.3 Å². The topological polar surface area (TPSA) is 49.4 Å². The molecular formula is C21H17FN2O2S2. The van der Waals surface area contributed by atoms with Gasteiger partial charge in [0, 0.05) is 11.4 Å². The number of aryl methyl sites for hydroxylation is 1. The molecule has 4 rings (SSSR count). The number of hydrogen-bond acceptors (Lipinski definition) is 4. The second kappa shape index (κ2) is 7.77. The van der Waals surface area contributed by atoms with E-state index in [1.807, 2.05) is 35.7 Å². The fourth-order valence-electron chi connectivity index (χ4n) is 3.01. The number of thioether (sulfide) groups is 1. The molecule has 1 aliphatic heterocycles. The minimum Gasteiger partial charge on any atom is -0.321 e. The van der Waals surface area contributed by atoms with Gasteiger partial charge in [-0.05, 0) is 53.8 Å². The number of anilines is 2. The van der Waals surface area contributed by atoms with E-state index in [0.717, 1.165) is 5.56 Å². The van der Waals surface area contributed by atoms with Crippen LogP contribution in [0.4, 0.5) is 15.8 Å². The maximum absolute atomic E-state index is 14.0. The third-order valence-corrected chi connectivity index (χ3v) is 6.58. The molecule has 1 atom stereocenters. The van der Waals surface area contributed by atoms with Crippen LogP contribution in [0.1, 0.15) is 26.2 Å². The second-order valence-corrected chi connectivity index (χ2v) is 8.43. The molecule has 28 heavy (non-hydrogen) atoms. The minimum atomic E-state index is -0.326. The van der Waals surface area contributed by atoms with Gasteiger partial charge in [-0.2, -0.15) is 0 Å². The number of halogens is 1. The van der Waals surface area contributed by atoms with Crippen LogP contribution in [0.5, 0.6) is 0 Å². The third-order valence-electron chi connectivity index (χ3n) is 4.50. The van der Waals surface area contributed by atoms with Crippen molar-refractivity contribution >= 4 is 46.3 Å². The Morgan fingerprint density at radius 2 is 1.96 bits per heavy atom. The fourth-order valence-corrected chi connectivity index (χ4v) is 4.81. The molecule has 0 unspecified atom stereocenters. The van der Waals surface area contributed by atoms with Crippen molar-refractivity contribution in [1.29, 1.82) is 0 Å². The lowest BCUT2D eigenvalue weighted by atomic mass is 10.1. The van der Waals surface area contributed by atoms with Crippen LogP contribution in [-0.4, -0.2) is 17.6 Å². The largest absolute Gasteiger partial charge is 0.321 e. The van der Waals surface area contributed by atoms with E-state index in [2.05, 4.69) is 5.32 Å². The summed E-state index contributed by atoms with van der Waals surface area (Å²) in [5.41, 5.74) is 2.71. The molecule has 0 saturated carbocycles. The van der Waals surface area contributed by atoms with Gasteiger partial charge >= 0.3 is 0 Å². The van der Waals surface area contributed by atoms with Crippen LogP contribution in [0.15, 0.2) is 60.0 Å². The molecule has 2 aromatic carbocycles. The van der Waals surface area contributed by atoms with Crippen LogP contribution in [0.2, 0.25) is 0 Å². The number of nitrogens with one attached hydrogen (secondary N) is 1. The Hall–Kier alpha value is -2.64. The van der Waals surface area contributed by atoms with Crippen molar-refractivity contribution in [1.82, 2.24) is 0 Å². The summed E-state index contributed by atoms with van der Waals surface area (Å²) in [6, 6.07) is 15.9. The van der Waals surface area contributed by atoms with E-state index < -0.39 is 0 Å². The van der Waals surface area contributed by atoms with Crippen molar-refractivity contribution in [3.63, 3.8) is 0 Å². The molecule has 1 fully saturated rings. The van der Waals surface area contributed by atoms with E-state index in [0.29, 0.717) is 27.6 Å². The third kappa shape index (κ3) is 3.68. The summed E-state index contributed by atoms with van der Waals surface area (Å²) in [4.78, 5) is 26.9. The molecule has 2 amide bonds. The Morgan fingerprint density at radius 3 is 2.64 bits per heavy atom. The Kier molecular flexibility index (Phi) is 5.19. The van der Waals surface area contributed by atoms with Crippen molar-refractivity contribution in [2.24, 2.45) is 0 Å². The average molecular weight is 413 g/mol. The lowest BCUT2D eigenvalue weighted by Crippen LogP contribution is -2.27. The highest BCUT2D eigenvalue weighted by atomic mass is 32.2. The van der Waals surface area contributed by atoms with Gasteiger partial charge in [-0.25, -0.2) is 4.39 Å². The zero-order valence-electron chi connectivity index (χ0n) is 15.0. The lowest BCUT2D eigenvalue weighted by Gasteiger charge is -2.24. The Labute approximate surface area is 170 Å². The second-order valence-electron chi connectivity index (χ2n) is 6.41. The molecule has 1 N–H and O–H groups in total. The van der Waals surface area contributed by atoms with Gasteiger partial charge in [0.1, 0.15) is 11.2 Å². The molecule has 0 aliphatic carbocycles. The molecule has 1 saturated heterocycles. The summed E-state index contributed by atoms with van der Waals surface area (Å²) in [5, 5.41) is 4.49. The van der Waals surface area contributed by atoms with E-state index >= 15 is 0 Å². The molecule has 2 heterocycles. The van der Waals surface area contributed by atoms with Crippen molar-refractivity contribution in [3.8, 4) is 0 Å². The SMILES string of the molecule is Cc1ccc(N2C(=O)CS[C@H]2c2ccc(NC(=O)c3cccs3)cc2)cc1F. The van der Waals surface area contributed by atoms with Gasteiger partial charge in [0.25, 0.3) is 5.91 Å². The number of benzene rings is 2. The average Bonchev–Trinajstić information content (AvgIpc) is 3.35. The maximum Gasteiger partial charge on any atom is 0.265 e. The Balaban J connectivity index is 1.55. The number of nitrogens with zero attached hydrogens (tertiary/aromatic N) is 1. The molecule has 7 heteroatoms. The van der Waals surface area contributed by atoms with Crippen LogP contribution >= 0.6 is 23.1 Å². The molecule has 0 spiro atoms. The first-order chi connectivity index (χ1) is 13.5.